The van der Waals surface area contributed by atoms with Gasteiger partial charge < -0.3 is 14.8 Å². The molecule has 0 atom stereocenters. The Morgan fingerprint density at radius 3 is 2.81 bits per heavy atom. The van der Waals surface area contributed by atoms with Crippen LogP contribution in [-0.4, -0.2) is 25.7 Å². The van der Waals surface area contributed by atoms with Gasteiger partial charge in [0.15, 0.2) is 11.5 Å². The van der Waals surface area contributed by atoms with Gasteiger partial charge >= 0.3 is 0 Å². The second-order valence-corrected chi connectivity index (χ2v) is 4.24. The van der Waals surface area contributed by atoms with Crippen molar-refractivity contribution in [1.82, 2.24) is 5.32 Å². The minimum absolute atomic E-state index is 0.219. The number of carbonyl (C=O) groups is 1. The summed E-state index contributed by atoms with van der Waals surface area (Å²) < 4.78 is 11.2. The molecular formula is C17H21NO3. The molecule has 0 bridgehead atoms. The molecule has 0 aromatic heterocycles. The molecule has 1 N–H and O–H groups in total. The van der Waals surface area contributed by atoms with Crippen LogP contribution in [0.1, 0.15) is 25.8 Å². The minimum Gasteiger partial charge on any atom is -0.490 e. The number of carbonyl (C=O) groups excluding carboxylic acids is 1. The maximum Gasteiger partial charge on any atom is 0.244 e. The number of ether oxygens (including phenoxy) is 2. The molecule has 0 fully saturated rings. The van der Waals surface area contributed by atoms with Gasteiger partial charge in [0.1, 0.15) is 0 Å². The molecule has 0 aliphatic rings. The molecule has 0 spiro atoms. The fourth-order valence-electron chi connectivity index (χ4n) is 1.60. The van der Waals surface area contributed by atoms with Gasteiger partial charge in [0.05, 0.1) is 19.8 Å². The van der Waals surface area contributed by atoms with Crippen LogP contribution in [0, 0.1) is 12.3 Å². The number of terminal acetylenes is 1. The predicted octanol–water partition coefficient (Wildman–Crippen LogP) is 2.64. The Balaban J connectivity index is 2.79. The van der Waals surface area contributed by atoms with Gasteiger partial charge in [-0.3, -0.25) is 4.79 Å². The van der Waals surface area contributed by atoms with Gasteiger partial charge in [-0.15, -0.1) is 6.42 Å². The molecule has 1 aromatic carbocycles. The molecule has 112 valence electrons. The van der Waals surface area contributed by atoms with Gasteiger partial charge in [-0.25, -0.2) is 0 Å². The predicted molar refractivity (Wildman–Crippen MR) is 84.3 cm³/mol. The number of hydrogen-bond donors (Lipinski definition) is 1. The number of rotatable bonds is 8. The molecule has 1 aromatic rings. The number of benzene rings is 1. The van der Waals surface area contributed by atoms with Gasteiger partial charge in [-0.05, 0) is 37.1 Å². The maximum absolute atomic E-state index is 11.4. The normalized spacial score (nSPS) is 10.1. The van der Waals surface area contributed by atoms with Crippen LogP contribution in [0.3, 0.4) is 0 Å². The second kappa shape index (κ2) is 9.49. The number of hydrogen-bond acceptors (Lipinski definition) is 3. The van der Waals surface area contributed by atoms with Crippen LogP contribution in [0.2, 0.25) is 0 Å². The molecule has 1 rings (SSSR count). The van der Waals surface area contributed by atoms with E-state index in [-0.39, 0.29) is 12.5 Å². The Morgan fingerprint density at radius 1 is 1.33 bits per heavy atom. The second-order valence-electron chi connectivity index (χ2n) is 4.24. The molecule has 4 heteroatoms. The lowest BCUT2D eigenvalue weighted by Crippen LogP contribution is -2.20. The number of amides is 1. The van der Waals surface area contributed by atoms with Crippen molar-refractivity contribution < 1.29 is 14.3 Å². The monoisotopic (exact) mass is 287 g/mol. The maximum atomic E-state index is 11.4. The highest BCUT2D eigenvalue weighted by molar-refractivity contribution is 5.91. The SMILES string of the molecule is C#CCNC(=O)/C=C/c1ccc(OCCC)c(OCC)c1. The highest BCUT2D eigenvalue weighted by Crippen LogP contribution is 2.29. The molecular weight excluding hydrogens is 266 g/mol. The van der Waals surface area contributed by atoms with E-state index in [0.717, 1.165) is 12.0 Å². The summed E-state index contributed by atoms with van der Waals surface area (Å²) in [7, 11) is 0. The zero-order chi connectivity index (χ0) is 15.5. The molecule has 0 aliphatic heterocycles. The molecule has 0 saturated carbocycles. The lowest BCUT2D eigenvalue weighted by molar-refractivity contribution is -0.116. The average molecular weight is 287 g/mol. The van der Waals surface area contributed by atoms with Crippen molar-refractivity contribution in [3.63, 3.8) is 0 Å². The summed E-state index contributed by atoms with van der Waals surface area (Å²) in [5.41, 5.74) is 0.859. The van der Waals surface area contributed by atoms with Gasteiger partial charge in [0.25, 0.3) is 0 Å². The van der Waals surface area contributed by atoms with Crippen molar-refractivity contribution in [3.8, 4) is 23.8 Å². The smallest absolute Gasteiger partial charge is 0.244 e. The summed E-state index contributed by atoms with van der Waals surface area (Å²) in [6, 6.07) is 5.57. The summed E-state index contributed by atoms with van der Waals surface area (Å²) >= 11 is 0. The third-order valence-corrected chi connectivity index (χ3v) is 2.52. The van der Waals surface area contributed by atoms with E-state index < -0.39 is 0 Å². The standard InChI is InChI=1S/C17H21NO3/c1-4-11-18-17(19)10-8-14-7-9-15(21-12-5-2)16(13-14)20-6-3/h1,7-10,13H,5-6,11-12H2,2-3H3,(H,18,19)/b10-8+. The molecule has 21 heavy (non-hydrogen) atoms. The minimum atomic E-state index is -0.225. The fourth-order valence-corrected chi connectivity index (χ4v) is 1.60. The van der Waals surface area contributed by atoms with Crippen molar-refractivity contribution in [1.29, 1.82) is 0 Å². The quantitative estimate of drug-likeness (QED) is 0.590. The van der Waals surface area contributed by atoms with Crippen LogP contribution >= 0.6 is 0 Å². The Labute approximate surface area is 126 Å². The van der Waals surface area contributed by atoms with Crippen LogP contribution < -0.4 is 14.8 Å². The lowest BCUT2D eigenvalue weighted by Gasteiger charge is -2.12. The first kappa shape index (κ1) is 16.6. The van der Waals surface area contributed by atoms with Crippen molar-refractivity contribution in [3.05, 3.63) is 29.8 Å². The van der Waals surface area contributed by atoms with E-state index in [0.29, 0.717) is 24.7 Å². The number of nitrogens with one attached hydrogen (secondary N) is 1. The lowest BCUT2D eigenvalue weighted by atomic mass is 10.2. The molecule has 0 radical (unpaired) electrons. The zero-order valence-electron chi connectivity index (χ0n) is 12.5. The van der Waals surface area contributed by atoms with E-state index in [1.165, 1.54) is 6.08 Å². The zero-order valence-corrected chi connectivity index (χ0v) is 12.5. The van der Waals surface area contributed by atoms with Crippen LogP contribution in [0.15, 0.2) is 24.3 Å². The average Bonchev–Trinajstić information content (AvgIpc) is 2.50. The summed E-state index contributed by atoms with van der Waals surface area (Å²) in [4.78, 5) is 11.4. The van der Waals surface area contributed by atoms with E-state index >= 15 is 0 Å². The third kappa shape index (κ3) is 6.05. The van der Waals surface area contributed by atoms with Crippen LogP contribution in [0.4, 0.5) is 0 Å². The first-order chi connectivity index (χ1) is 10.2. The Morgan fingerprint density at radius 2 is 2.14 bits per heavy atom. The van der Waals surface area contributed by atoms with Crippen molar-refractivity contribution in [2.24, 2.45) is 0 Å². The van der Waals surface area contributed by atoms with Crippen molar-refractivity contribution in [2.45, 2.75) is 20.3 Å². The molecule has 0 saturated heterocycles. The molecule has 0 unspecified atom stereocenters. The van der Waals surface area contributed by atoms with Crippen LogP contribution in [-0.2, 0) is 4.79 Å². The fraction of sp³-hybridized carbons (Fsp3) is 0.353. The summed E-state index contributed by atoms with van der Waals surface area (Å²) in [6.45, 7) is 5.38. The van der Waals surface area contributed by atoms with Gasteiger partial charge in [-0.1, -0.05) is 18.9 Å². The molecule has 0 heterocycles. The summed E-state index contributed by atoms with van der Waals surface area (Å²) in [5, 5.41) is 2.56. The summed E-state index contributed by atoms with van der Waals surface area (Å²) in [5.74, 6) is 3.52. The van der Waals surface area contributed by atoms with E-state index in [9.17, 15) is 4.79 Å². The largest absolute Gasteiger partial charge is 0.490 e. The third-order valence-electron chi connectivity index (χ3n) is 2.52. The van der Waals surface area contributed by atoms with E-state index in [4.69, 9.17) is 15.9 Å². The van der Waals surface area contributed by atoms with Crippen molar-refractivity contribution in [2.75, 3.05) is 19.8 Å². The van der Waals surface area contributed by atoms with Crippen LogP contribution in [0.5, 0.6) is 11.5 Å². The molecule has 1 amide bonds. The Hall–Kier alpha value is -2.41. The van der Waals surface area contributed by atoms with Gasteiger partial charge in [0.2, 0.25) is 5.91 Å². The van der Waals surface area contributed by atoms with E-state index in [2.05, 4.69) is 11.2 Å². The topological polar surface area (TPSA) is 47.6 Å². The van der Waals surface area contributed by atoms with Crippen molar-refractivity contribution >= 4 is 12.0 Å². The highest BCUT2D eigenvalue weighted by atomic mass is 16.5. The van der Waals surface area contributed by atoms with E-state index in [1.54, 1.807) is 6.08 Å². The summed E-state index contributed by atoms with van der Waals surface area (Å²) in [6.07, 6.45) is 9.15. The molecule has 4 nitrogen and oxygen atoms in total. The first-order valence-electron chi connectivity index (χ1n) is 7.00. The Kier molecular flexibility index (Phi) is 7.52. The first-order valence-corrected chi connectivity index (χ1v) is 7.00. The van der Waals surface area contributed by atoms with Gasteiger partial charge in [-0.2, -0.15) is 0 Å². The van der Waals surface area contributed by atoms with Crippen LogP contribution in [0.25, 0.3) is 6.08 Å². The highest BCUT2D eigenvalue weighted by Gasteiger charge is 2.05. The molecule has 0 aliphatic carbocycles. The van der Waals surface area contributed by atoms with Gasteiger partial charge in [0, 0.05) is 6.08 Å². The van der Waals surface area contributed by atoms with E-state index in [1.807, 2.05) is 32.0 Å². The Bertz CT molecular complexity index is 529.